The number of aromatic nitrogens is 2. The van der Waals surface area contributed by atoms with Gasteiger partial charge < -0.3 is 19.7 Å². The van der Waals surface area contributed by atoms with E-state index in [0.717, 1.165) is 24.4 Å². The molecule has 3 heterocycles. The van der Waals surface area contributed by atoms with Crippen molar-refractivity contribution >= 4 is 21.6 Å². The van der Waals surface area contributed by atoms with Crippen molar-refractivity contribution < 1.29 is 18.7 Å². The van der Waals surface area contributed by atoms with Crippen molar-refractivity contribution in [2.75, 3.05) is 56.2 Å². The van der Waals surface area contributed by atoms with Crippen molar-refractivity contribution in [3.63, 3.8) is 0 Å². The highest BCUT2D eigenvalue weighted by Crippen LogP contribution is 2.36. The molecule has 2 aromatic rings. The molecule has 1 fully saturated rings. The Morgan fingerprint density at radius 2 is 2.03 bits per heavy atom. The van der Waals surface area contributed by atoms with Crippen LogP contribution in [0.4, 0.5) is 10.1 Å². The first-order valence-electron chi connectivity index (χ1n) is 10.9. The lowest BCUT2D eigenvalue weighted by Gasteiger charge is -2.27. The van der Waals surface area contributed by atoms with Crippen LogP contribution in [0.15, 0.2) is 18.3 Å². The summed E-state index contributed by atoms with van der Waals surface area (Å²) in [6, 6.07) is 3.53. The average molecular weight is 465 g/mol. The van der Waals surface area contributed by atoms with E-state index in [1.165, 1.54) is 4.90 Å². The van der Waals surface area contributed by atoms with E-state index in [0.29, 0.717) is 55.3 Å². The number of nitrogens with zero attached hydrogens (tertiary/aromatic N) is 3. The fourth-order valence-corrected chi connectivity index (χ4v) is 4.41. The van der Waals surface area contributed by atoms with Gasteiger partial charge in [0.05, 0.1) is 19.3 Å². The topological polar surface area (TPSA) is 68.6 Å². The van der Waals surface area contributed by atoms with Crippen molar-refractivity contribution in [1.82, 2.24) is 15.1 Å². The molecule has 1 aromatic carbocycles. The normalized spacial score (nSPS) is 17.4. The molecule has 7 nitrogen and oxygen atoms in total. The Labute approximate surface area is 190 Å². The van der Waals surface area contributed by atoms with Crippen molar-refractivity contribution in [1.29, 1.82) is 0 Å². The van der Waals surface area contributed by atoms with Gasteiger partial charge in [-0.05, 0) is 37.3 Å². The highest BCUT2D eigenvalue weighted by atomic mass is 32.3. The van der Waals surface area contributed by atoms with E-state index in [2.05, 4.69) is 29.2 Å². The molecule has 4 rings (SSSR count). The monoisotopic (exact) mass is 464 g/mol. The zero-order chi connectivity index (χ0) is 22.9. The summed E-state index contributed by atoms with van der Waals surface area (Å²) in [5.41, 5.74) is 3.05. The predicted molar refractivity (Wildman–Crippen MR) is 127 cm³/mol. The lowest BCUT2D eigenvalue weighted by atomic mass is 9.96. The highest BCUT2D eigenvalue weighted by Gasteiger charge is 2.27. The summed E-state index contributed by atoms with van der Waals surface area (Å²) >= 11 is 0. The van der Waals surface area contributed by atoms with E-state index in [1.807, 2.05) is 12.3 Å². The van der Waals surface area contributed by atoms with Gasteiger partial charge in [-0.15, -0.1) is 0 Å². The van der Waals surface area contributed by atoms with Crippen LogP contribution in [-0.4, -0.2) is 73.1 Å². The van der Waals surface area contributed by atoms with Gasteiger partial charge in [-0.1, -0.05) is 0 Å². The van der Waals surface area contributed by atoms with Crippen LogP contribution >= 0.6 is 10.0 Å². The Balaban J connectivity index is 1.58. The maximum atomic E-state index is 15.6. The number of hydrogen-bond donors (Lipinski definition) is 1. The Morgan fingerprint density at radius 3 is 2.72 bits per heavy atom. The Kier molecular flexibility index (Phi) is 6.90. The Hall–Kier alpha value is -1.94. The highest BCUT2D eigenvalue weighted by molar-refractivity contribution is 8.32. The fourth-order valence-electron chi connectivity index (χ4n) is 3.80. The van der Waals surface area contributed by atoms with Gasteiger partial charge in [-0.25, -0.2) is 19.1 Å². The maximum Gasteiger partial charge on any atom is 0.227 e. The molecule has 2 aliphatic rings. The summed E-state index contributed by atoms with van der Waals surface area (Å²) in [6.07, 6.45) is 9.55. The predicted octanol–water partition coefficient (Wildman–Crippen LogP) is 2.75. The van der Waals surface area contributed by atoms with Crippen LogP contribution in [-0.2, 0) is 34.0 Å². The summed E-state index contributed by atoms with van der Waals surface area (Å²) in [7, 11) is 1.07. The van der Waals surface area contributed by atoms with Crippen LogP contribution in [0, 0.1) is 5.82 Å². The van der Waals surface area contributed by atoms with E-state index in [9.17, 15) is 4.79 Å². The number of carbonyl (C=O) groups is 1. The molecule has 1 saturated heterocycles. The zero-order valence-corrected chi connectivity index (χ0v) is 20.1. The molecular formula is C23H33FN4O3S. The third-order valence-electron chi connectivity index (χ3n) is 5.92. The Bertz CT molecular complexity index is 984. The molecule has 0 radical (unpaired) electrons. The molecule has 1 N–H and O–H groups in total. The van der Waals surface area contributed by atoms with Crippen molar-refractivity contribution in [2.45, 2.75) is 32.3 Å². The van der Waals surface area contributed by atoms with Crippen molar-refractivity contribution in [2.24, 2.45) is 0 Å². The SMILES string of the molecule is CN1C(=O)CCc2c1ccc(-c1nn(COCCS(C)(C)C)cc1COC1CNC1)c2F. The number of anilines is 1. The van der Waals surface area contributed by atoms with Gasteiger partial charge in [0, 0.05) is 60.9 Å². The summed E-state index contributed by atoms with van der Waals surface area (Å²) in [5.74, 6) is 0.722. The van der Waals surface area contributed by atoms with Crippen LogP contribution in [0.2, 0.25) is 0 Å². The fraction of sp³-hybridized carbons (Fsp3) is 0.565. The van der Waals surface area contributed by atoms with Crippen LogP contribution in [0.5, 0.6) is 0 Å². The first-order valence-corrected chi connectivity index (χ1v) is 14.0. The second kappa shape index (κ2) is 9.51. The molecule has 0 saturated carbocycles. The molecule has 0 aliphatic carbocycles. The van der Waals surface area contributed by atoms with Gasteiger partial charge in [-0.3, -0.25) is 4.79 Å². The lowest BCUT2D eigenvalue weighted by Crippen LogP contribution is -2.48. The molecular weight excluding hydrogens is 431 g/mol. The number of nitrogens with one attached hydrogen (secondary N) is 1. The molecule has 1 amide bonds. The molecule has 0 atom stereocenters. The number of amides is 1. The molecule has 0 unspecified atom stereocenters. The quantitative estimate of drug-likeness (QED) is 0.578. The lowest BCUT2D eigenvalue weighted by molar-refractivity contribution is -0.118. The van der Waals surface area contributed by atoms with Gasteiger partial charge in [0.1, 0.15) is 18.2 Å². The van der Waals surface area contributed by atoms with Gasteiger partial charge in [0.15, 0.2) is 0 Å². The second-order valence-electron chi connectivity index (χ2n) is 9.34. The summed E-state index contributed by atoms with van der Waals surface area (Å²) in [5, 5.41) is 7.85. The number of rotatable bonds is 9. The molecule has 0 spiro atoms. The molecule has 32 heavy (non-hydrogen) atoms. The third-order valence-corrected chi connectivity index (χ3v) is 7.31. The summed E-state index contributed by atoms with van der Waals surface area (Å²) in [4.78, 5) is 13.5. The Morgan fingerprint density at radius 1 is 1.25 bits per heavy atom. The van der Waals surface area contributed by atoms with Crippen LogP contribution in [0.25, 0.3) is 11.3 Å². The zero-order valence-electron chi connectivity index (χ0n) is 19.3. The number of benzene rings is 1. The average Bonchev–Trinajstić information content (AvgIpc) is 3.09. The molecule has 176 valence electrons. The molecule has 1 aromatic heterocycles. The number of halogens is 1. The van der Waals surface area contributed by atoms with Gasteiger partial charge in [0.25, 0.3) is 0 Å². The molecule has 9 heteroatoms. The number of hydrogen-bond acceptors (Lipinski definition) is 5. The largest absolute Gasteiger partial charge is 0.371 e. The number of ether oxygens (including phenoxy) is 2. The molecule has 0 bridgehead atoms. The number of fused-ring (bicyclic) bond motifs is 1. The standard InChI is InChI=1S/C23H33FN4O3S/c1-27-20-7-5-19(22(24)18(20)6-8-21(27)29)23-16(14-31-17-11-25-12-17)13-28(26-23)15-30-9-10-32(2,3)4/h5,7,13,17,25H,6,8-12,14-15H2,1-4H3. The van der Waals surface area contributed by atoms with E-state index in [1.54, 1.807) is 17.8 Å². The van der Waals surface area contributed by atoms with E-state index in [-0.39, 0.29) is 17.8 Å². The maximum absolute atomic E-state index is 15.6. The van der Waals surface area contributed by atoms with Crippen LogP contribution < -0.4 is 10.2 Å². The smallest absolute Gasteiger partial charge is 0.227 e. The van der Waals surface area contributed by atoms with Crippen molar-refractivity contribution in [3.05, 3.63) is 35.3 Å². The summed E-state index contributed by atoms with van der Waals surface area (Å²) < 4.78 is 29.1. The molecule has 2 aliphatic heterocycles. The van der Waals surface area contributed by atoms with E-state index >= 15 is 4.39 Å². The minimum absolute atomic E-state index is 0.00590. The summed E-state index contributed by atoms with van der Waals surface area (Å²) in [6.45, 7) is 3.01. The van der Waals surface area contributed by atoms with Gasteiger partial charge in [-0.2, -0.15) is 5.10 Å². The first kappa shape index (κ1) is 23.2. The minimum atomic E-state index is -0.620. The second-order valence-corrected chi connectivity index (χ2v) is 13.9. The van der Waals surface area contributed by atoms with Gasteiger partial charge >= 0.3 is 0 Å². The van der Waals surface area contributed by atoms with Crippen LogP contribution in [0.3, 0.4) is 0 Å². The minimum Gasteiger partial charge on any atom is -0.371 e. The first-order chi connectivity index (χ1) is 15.2. The van der Waals surface area contributed by atoms with Gasteiger partial charge in [0.2, 0.25) is 5.91 Å². The van der Waals surface area contributed by atoms with E-state index < -0.39 is 10.0 Å². The van der Waals surface area contributed by atoms with Crippen molar-refractivity contribution in [3.8, 4) is 11.3 Å². The van der Waals surface area contributed by atoms with Crippen LogP contribution in [0.1, 0.15) is 17.5 Å². The van der Waals surface area contributed by atoms with E-state index in [4.69, 9.17) is 9.47 Å². The third kappa shape index (κ3) is 5.17. The number of carbonyl (C=O) groups excluding carboxylic acids is 1.